The van der Waals surface area contributed by atoms with E-state index in [1.807, 2.05) is 12.2 Å². The SMILES string of the molecule is C1=CC=CC([S+](c2ccccc2)c2ccccc2)=CC=1. The number of benzene rings is 2. The summed E-state index contributed by atoms with van der Waals surface area (Å²) in [7, 11) is -0.0657. The Labute approximate surface area is 122 Å². The fraction of sp³-hybridized carbons (Fsp3) is 0. The zero-order chi connectivity index (χ0) is 13.6. The third-order valence-electron chi connectivity index (χ3n) is 2.99. The molecule has 0 N–H and O–H groups in total. The molecule has 2 aromatic rings. The number of allylic oxidation sites excluding steroid dienone is 4. The number of hydrogen-bond acceptors (Lipinski definition) is 0. The summed E-state index contributed by atoms with van der Waals surface area (Å²) in [5.74, 6) is 0. The van der Waals surface area contributed by atoms with Crippen molar-refractivity contribution >= 4 is 10.9 Å². The van der Waals surface area contributed by atoms with Crippen LogP contribution in [0.2, 0.25) is 0 Å². The van der Waals surface area contributed by atoms with Crippen LogP contribution in [0.15, 0.2) is 111 Å². The van der Waals surface area contributed by atoms with Crippen LogP contribution in [0.5, 0.6) is 0 Å². The predicted octanol–water partition coefficient (Wildman–Crippen LogP) is 4.89. The van der Waals surface area contributed by atoms with E-state index in [0.717, 1.165) is 0 Å². The lowest BCUT2D eigenvalue weighted by atomic mass is 10.4. The molecule has 0 bridgehead atoms. The van der Waals surface area contributed by atoms with Crippen molar-refractivity contribution in [1.29, 1.82) is 0 Å². The molecule has 0 aromatic heterocycles. The van der Waals surface area contributed by atoms with Crippen molar-refractivity contribution < 1.29 is 0 Å². The second-order valence-electron chi connectivity index (χ2n) is 4.36. The maximum atomic E-state index is 3.13. The summed E-state index contributed by atoms with van der Waals surface area (Å²) in [6.07, 6.45) is 10.3. The van der Waals surface area contributed by atoms with E-state index in [2.05, 4.69) is 84.6 Å². The van der Waals surface area contributed by atoms with Gasteiger partial charge in [-0.25, -0.2) is 0 Å². The van der Waals surface area contributed by atoms with Gasteiger partial charge < -0.3 is 0 Å². The average molecular weight is 275 g/mol. The minimum Gasteiger partial charge on any atom is -0.121 e. The van der Waals surface area contributed by atoms with Crippen LogP contribution < -0.4 is 0 Å². The van der Waals surface area contributed by atoms with Crippen molar-refractivity contribution in [2.75, 3.05) is 0 Å². The second-order valence-corrected chi connectivity index (χ2v) is 6.39. The highest BCUT2D eigenvalue weighted by Gasteiger charge is 2.28. The first-order valence-electron chi connectivity index (χ1n) is 6.59. The Kier molecular flexibility index (Phi) is 4.03. The molecule has 0 saturated heterocycles. The Morgan fingerprint density at radius 1 is 0.700 bits per heavy atom. The van der Waals surface area contributed by atoms with E-state index in [1.54, 1.807) is 0 Å². The second kappa shape index (κ2) is 6.29. The molecule has 1 aliphatic carbocycles. The lowest BCUT2D eigenvalue weighted by Crippen LogP contribution is -2.05. The average Bonchev–Trinajstić information content (AvgIpc) is 2.79. The van der Waals surface area contributed by atoms with E-state index < -0.39 is 0 Å². The molecule has 0 unspecified atom stereocenters. The zero-order valence-electron chi connectivity index (χ0n) is 11.1. The van der Waals surface area contributed by atoms with Crippen LogP contribution in [-0.4, -0.2) is 0 Å². The molecule has 1 heteroatoms. The molecule has 2 aromatic carbocycles. The van der Waals surface area contributed by atoms with Crippen molar-refractivity contribution in [3.8, 4) is 0 Å². The van der Waals surface area contributed by atoms with E-state index in [1.165, 1.54) is 14.7 Å². The molecule has 0 nitrogen and oxygen atoms in total. The van der Waals surface area contributed by atoms with Gasteiger partial charge in [-0.15, -0.1) is 5.73 Å². The first-order chi connectivity index (χ1) is 9.95. The molecule has 1 aliphatic rings. The van der Waals surface area contributed by atoms with Crippen molar-refractivity contribution in [1.82, 2.24) is 0 Å². The van der Waals surface area contributed by atoms with Gasteiger partial charge in [-0.05, 0) is 48.6 Å². The summed E-state index contributed by atoms with van der Waals surface area (Å²) in [6, 6.07) is 21.4. The van der Waals surface area contributed by atoms with Crippen molar-refractivity contribution in [3.05, 3.63) is 102 Å². The van der Waals surface area contributed by atoms with E-state index in [-0.39, 0.29) is 10.9 Å². The van der Waals surface area contributed by atoms with Gasteiger partial charge in [0.05, 0.1) is 10.9 Å². The van der Waals surface area contributed by atoms with Crippen molar-refractivity contribution in [2.24, 2.45) is 0 Å². The minimum atomic E-state index is -0.0657. The lowest BCUT2D eigenvalue weighted by Gasteiger charge is -2.07. The molecular weight excluding hydrogens is 260 g/mol. The maximum Gasteiger partial charge on any atom is 0.167 e. The van der Waals surface area contributed by atoms with E-state index >= 15 is 0 Å². The molecule has 96 valence electrons. The Morgan fingerprint density at radius 3 is 1.90 bits per heavy atom. The van der Waals surface area contributed by atoms with Gasteiger partial charge in [-0.1, -0.05) is 36.4 Å². The maximum absolute atomic E-state index is 3.13. The van der Waals surface area contributed by atoms with Crippen LogP contribution in [0.4, 0.5) is 0 Å². The molecule has 0 spiro atoms. The van der Waals surface area contributed by atoms with Crippen LogP contribution in [0, 0.1) is 0 Å². The molecule has 0 amide bonds. The van der Waals surface area contributed by atoms with Crippen LogP contribution in [0.25, 0.3) is 0 Å². The molecular formula is C19H15S+. The fourth-order valence-electron chi connectivity index (χ4n) is 2.10. The summed E-state index contributed by atoms with van der Waals surface area (Å²) in [5.41, 5.74) is 3.13. The highest BCUT2D eigenvalue weighted by atomic mass is 32.2. The molecule has 0 heterocycles. The van der Waals surface area contributed by atoms with Crippen LogP contribution in [-0.2, 0) is 10.9 Å². The summed E-state index contributed by atoms with van der Waals surface area (Å²) in [4.78, 5) is 3.98. The molecule has 0 aliphatic heterocycles. The summed E-state index contributed by atoms with van der Waals surface area (Å²) >= 11 is 0. The molecule has 3 rings (SSSR count). The Bertz CT molecular complexity index is 648. The predicted molar refractivity (Wildman–Crippen MR) is 86.7 cm³/mol. The Hall–Kier alpha value is -2.21. The minimum absolute atomic E-state index is 0.0657. The zero-order valence-corrected chi connectivity index (χ0v) is 11.9. The monoisotopic (exact) mass is 275 g/mol. The van der Waals surface area contributed by atoms with Gasteiger partial charge in [0.1, 0.15) is 0 Å². The summed E-state index contributed by atoms with van der Waals surface area (Å²) in [6.45, 7) is 0. The number of rotatable bonds is 3. The molecule has 0 fully saturated rings. The normalized spacial score (nSPS) is 13.3. The standard InChI is InChI=1S/C19H15S/c1-2-6-12-17(11-5-1)20(18-13-7-3-8-14-18)19-15-9-4-10-16-19/h1,3-16H/q+1. The van der Waals surface area contributed by atoms with Gasteiger partial charge in [0.2, 0.25) is 0 Å². The van der Waals surface area contributed by atoms with Gasteiger partial charge in [0.15, 0.2) is 14.7 Å². The topological polar surface area (TPSA) is 0 Å². The highest BCUT2D eigenvalue weighted by molar-refractivity contribution is 8.00. The van der Waals surface area contributed by atoms with Crippen LogP contribution in [0.1, 0.15) is 0 Å². The fourth-order valence-corrected chi connectivity index (χ4v) is 4.19. The first-order valence-corrected chi connectivity index (χ1v) is 7.81. The molecule has 0 saturated carbocycles. The van der Waals surface area contributed by atoms with Gasteiger partial charge >= 0.3 is 0 Å². The largest absolute Gasteiger partial charge is 0.167 e. The summed E-state index contributed by atoms with van der Waals surface area (Å²) in [5, 5.41) is 0. The quantitative estimate of drug-likeness (QED) is 0.553. The van der Waals surface area contributed by atoms with E-state index in [9.17, 15) is 0 Å². The third kappa shape index (κ3) is 2.85. The van der Waals surface area contributed by atoms with Gasteiger partial charge in [0.25, 0.3) is 0 Å². The van der Waals surface area contributed by atoms with Gasteiger partial charge in [0, 0.05) is 6.08 Å². The van der Waals surface area contributed by atoms with Crippen molar-refractivity contribution in [2.45, 2.75) is 9.79 Å². The van der Waals surface area contributed by atoms with Gasteiger partial charge in [-0.2, -0.15) is 0 Å². The van der Waals surface area contributed by atoms with E-state index in [0.29, 0.717) is 0 Å². The molecule has 20 heavy (non-hydrogen) atoms. The number of hydrogen-bond donors (Lipinski definition) is 0. The first kappa shape index (κ1) is 12.8. The van der Waals surface area contributed by atoms with Crippen LogP contribution >= 0.6 is 0 Å². The summed E-state index contributed by atoms with van der Waals surface area (Å²) < 4.78 is 0. The third-order valence-corrected chi connectivity index (χ3v) is 5.22. The highest BCUT2D eigenvalue weighted by Crippen LogP contribution is 2.31. The van der Waals surface area contributed by atoms with Crippen LogP contribution in [0.3, 0.4) is 0 Å². The Balaban J connectivity index is 2.10. The Morgan fingerprint density at radius 2 is 1.30 bits per heavy atom. The lowest BCUT2D eigenvalue weighted by molar-refractivity contribution is 1.38. The van der Waals surface area contributed by atoms with Gasteiger partial charge in [-0.3, -0.25) is 0 Å². The van der Waals surface area contributed by atoms with E-state index in [4.69, 9.17) is 0 Å². The smallest absolute Gasteiger partial charge is 0.121 e. The van der Waals surface area contributed by atoms with Crippen molar-refractivity contribution in [3.63, 3.8) is 0 Å². The molecule has 0 radical (unpaired) electrons. The molecule has 0 atom stereocenters.